The van der Waals surface area contributed by atoms with E-state index in [1.54, 1.807) is 17.4 Å². The van der Waals surface area contributed by atoms with Gasteiger partial charge in [-0.15, -0.1) is 11.3 Å². The fraction of sp³-hybridized carbons (Fsp3) is 0.471. The molecule has 0 saturated carbocycles. The topological polar surface area (TPSA) is 52.6 Å². The molecule has 2 aromatic rings. The second-order valence-electron chi connectivity index (χ2n) is 5.94. The van der Waals surface area contributed by atoms with Crippen LogP contribution in [-0.4, -0.2) is 35.5 Å². The molecule has 3 rings (SSSR count). The van der Waals surface area contributed by atoms with Crippen molar-refractivity contribution in [3.63, 3.8) is 0 Å². The molecule has 5 heteroatoms. The van der Waals surface area contributed by atoms with Gasteiger partial charge in [-0.05, 0) is 30.5 Å². The molecule has 1 aromatic carbocycles. The number of phenols is 1. The molecule has 22 heavy (non-hydrogen) atoms. The molecule has 1 saturated heterocycles. The molecule has 2 N–H and O–H groups in total. The molecule has 0 unspecified atom stereocenters. The van der Waals surface area contributed by atoms with Gasteiger partial charge < -0.3 is 15.3 Å². The first-order valence-corrected chi connectivity index (χ1v) is 8.68. The van der Waals surface area contributed by atoms with Gasteiger partial charge in [-0.1, -0.05) is 13.0 Å². The van der Waals surface area contributed by atoms with Gasteiger partial charge in [-0.3, -0.25) is 4.79 Å². The van der Waals surface area contributed by atoms with Crippen LogP contribution < -0.4 is 5.32 Å². The Kier molecular flexibility index (Phi) is 4.64. The average molecular weight is 318 g/mol. The van der Waals surface area contributed by atoms with Crippen molar-refractivity contribution in [1.29, 1.82) is 0 Å². The summed E-state index contributed by atoms with van der Waals surface area (Å²) >= 11 is 1.70. The van der Waals surface area contributed by atoms with Crippen LogP contribution in [0.15, 0.2) is 24.3 Å². The number of benzene rings is 1. The van der Waals surface area contributed by atoms with Crippen molar-refractivity contribution in [3.05, 3.63) is 29.1 Å². The summed E-state index contributed by atoms with van der Waals surface area (Å²) in [5.41, 5.74) is 0. The highest BCUT2D eigenvalue weighted by atomic mass is 32.1. The summed E-state index contributed by atoms with van der Waals surface area (Å²) in [6, 6.07) is 7.67. The number of rotatable bonds is 6. The zero-order valence-corrected chi connectivity index (χ0v) is 13.7. The zero-order chi connectivity index (χ0) is 15.5. The van der Waals surface area contributed by atoms with Crippen molar-refractivity contribution in [1.82, 2.24) is 10.2 Å². The van der Waals surface area contributed by atoms with Crippen LogP contribution in [0.3, 0.4) is 0 Å². The third-order valence-corrected chi connectivity index (χ3v) is 5.21. The Bertz CT molecular complexity index is 668. The number of phenolic OH excluding ortho intramolecular Hbond substituents is 1. The smallest absolute Gasteiger partial charge is 0.222 e. The van der Waals surface area contributed by atoms with Gasteiger partial charge in [0.1, 0.15) is 5.75 Å². The van der Waals surface area contributed by atoms with E-state index in [9.17, 15) is 9.90 Å². The number of aromatic hydroxyl groups is 1. The summed E-state index contributed by atoms with van der Waals surface area (Å²) in [5.74, 6) is 1.05. The first-order chi connectivity index (χ1) is 10.7. The summed E-state index contributed by atoms with van der Waals surface area (Å²) in [6.45, 7) is 5.52. The van der Waals surface area contributed by atoms with E-state index in [0.717, 1.165) is 42.7 Å². The van der Waals surface area contributed by atoms with Crippen molar-refractivity contribution >= 4 is 27.3 Å². The van der Waals surface area contributed by atoms with Gasteiger partial charge in [-0.25, -0.2) is 0 Å². The summed E-state index contributed by atoms with van der Waals surface area (Å²) in [6.07, 6.45) is 1.69. The van der Waals surface area contributed by atoms with Crippen LogP contribution >= 0.6 is 11.3 Å². The van der Waals surface area contributed by atoms with E-state index in [4.69, 9.17) is 0 Å². The van der Waals surface area contributed by atoms with E-state index < -0.39 is 0 Å². The average Bonchev–Trinajstić information content (AvgIpc) is 3.05. The standard InChI is InChI=1S/C17H22N2O2S/c1-2-6-19-11-12(7-17(19)21)9-18-10-13-8-14-15(20)4-3-5-16(14)22-13/h3-5,8,12,18,20H,2,6-7,9-11H2,1H3/t12-/m1/s1. The second kappa shape index (κ2) is 6.67. The monoisotopic (exact) mass is 318 g/mol. The molecule has 118 valence electrons. The second-order valence-corrected chi connectivity index (χ2v) is 7.11. The predicted molar refractivity (Wildman–Crippen MR) is 90.2 cm³/mol. The normalized spacial score (nSPS) is 18.5. The van der Waals surface area contributed by atoms with Crippen LogP contribution in [-0.2, 0) is 11.3 Å². The molecule has 1 aromatic heterocycles. The molecule has 0 bridgehead atoms. The van der Waals surface area contributed by atoms with E-state index >= 15 is 0 Å². The maximum absolute atomic E-state index is 11.8. The predicted octanol–water partition coefficient (Wildman–Crippen LogP) is 2.96. The highest BCUT2D eigenvalue weighted by Gasteiger charge is 2.28. The van der Waals surface area contributed by atoms with E-state index in [2.05, 4.69) is 12.2 Å². The first kappa shape index (κ1) is 15.3. The Labute approximate surface area is 134 Å². The SMILES string of the molecule is CCCN1C[C@@H](CNCc2cc3c(O)cccc3s2)CC1=O. The molecular weight excluding hydrogens is 296 g/mol. The summed E-state index contributed by atoms with van der Waals surface area (Å²) in [4.78, 5) is 15.0. The molecule has 0 radical (unpaired) electrons. The Hall–Kier alpha value is -1.59. The lowest BCUT2D eigenvalue weighted by Gasteiger charge is -2.15. The fourth-order valence-electron chi connectivity index (χ4n) is 3.06. The van der Waals surface area contributed by atoms with Crippen LogP contribution in [0.4, 0.5) is 0 Å². The van der Waals surface area contributed by atoms with Gasteiger partial charge in [-0.2, -0.15) is 0 Å². The molecule has 4 nitrogen and oxygen atoms in total. The van der Waals surface area contributed by atoms with E-state index in [0.29, 0.717) is 24.0 Å². The number of likely N-dealkylation sites (tertiary alicyclic amines) is 1. The Morgan fingerprint density at radius 3 is 3.09 bits per heavy atom. The molecule has 1 aliphatic rings. The maximum atomic E-state index is 11.8. The Balaban J connectivity index is 1.52. The Morgan fingerprint density at radius 2 is 2.32 bits per heavy atom. The van der Waals surface area contributed by atoms with Gasteiger partial charge in [0.25, 0.3) is 0 Å². The lowest BCUT2D eigenvalue weighted by Crippen LogP contribution is -2.28. The third kappa shape index (κ3) is 3.25. The molecule has 1 atom stereocenters. The zero-order valence-electron chi connectivity index (χ0n) is 12.8. The maximum Gasteiger partial charge on any atom is 0.222 e. The lowest BCUT2D eigenvalue weighted by molar-refractivity contribution is -0.127. The number of nitrogens with zero attached hydrogens (tertiary/aromatic N) is 1. The van der Waals surface area contributed by atoms with E-state index in [1.807, 2.05) is 23.1 Å². The number of hydrogen-bond acceptors (Lipinski definition) is 4. The quantitative estimate of drug-likeness (QED) is 0.861. The van der Waals surface area contributed by atoms with Gasteiger partial charge in [0.05, 0.1) is 0 Å². The van der Waals surface area contributed by atoms with E-state index in [1.165, 1.54) is 4.88 Å². The number of thiophene rings is 1. The number of carbonyl (C=O) groups excluding carboxylic acids is 1. The van der Waals surface area contributed by atoms with E-state index in [-0.39, 0.29) is 0 Å². The largest absolute Gasteiger partial charge is 0.507 e. The lowest BCUT2D eigenvalue weighted by atomic mass is 10.1. The number of nitrogens with one attached hydrogen (secondary N) is 1. The number of fused-ring (bicyclic) bond motifs is 1. The van der Waals surface area contributed by atoms with Crippen LogP contribution in [0.1, 0.15) is 24.6 Å². The molecular formula is C17H22N2O2S. The third-order valence-electron chi connectivity index (χ3n) is 4.11. The molecule has 2 heterocycles. The minimum atomic E-state index is 0.292. The highest BCUT2D eigenvalue weighted by Crippen LogP contribution is 2.31. The van der Waals surface area contributed by atoms with Crippen LogP contribution in [0.5, 0.6) is 5.75 Å². The summed E-state index contributed by atoms with van der Waals surface area (Å²) in [7, 11) is 0. The van der Waals surface area contributed by atoms with Crippen molar-refractivity contribution in [2.75, 3.05) is 19.6 Å². The van der Waals surface area contributed by atoms with Crippen molar-refractivity contribution in [2.24, 2.45) is 5.92 Å². The number of carbonyl (C=O) groups is 1. The minimum absolute atomic E-state index is 0.292. The van der Waals surface area contributed by atoms with Crippen LogP contribution in [0.25, 0.3) is 10.1 Å². The van der Waals surface area contributed by atoms with Gasteiger partial charge >= 0.3 is 0 Å². The van der Waals surface area contributed by atoms with Crippen LogP contribution in [0, 0.1) is 5.92 Å². The Morgan fingerprint density at radius 1 is 1.45 bits per heavy atom. The van der Waals surface area contributed by atoms with Gasteiger partial charge in [0.15, 0.2) is 0 Å². The van der Waals surface area contributed by atoms with Crippen LogP contribution in [0.2, 0.25) is 0 Å². The minimum Gasteiger partial charge on any atom is -0.507 e. The highest BCUT2D eigenvalue weighted by molar-refractivity contribution is 7.19. The van der Waals surface area contributed by atoms with Crippen molar-refractivity contribution in [2.45, 2.75) is 26.3 Å². The molecule has 0 spiro atoms. The number of amides is 1. The summed E-state index contributed by atoms with van der Waals surface area (Å²) < 4.78 is 1.11. The van der Waals surface area contributed by atoms with Crippen molar-refractivity contribution in [3.8, 4) is 5.75 Å². The molecule has 0 aliphatic carbocycles. The first-order valence-electron chi connectivity index (χ1n) is 7.86. The summed E-state index contributed by atoms with van der Waals surface area (Å²) in [5, 5.41) is 14.2. The fourth-order valence-corrected chi connectivity index (χ4v) is 4.12. The number of hydrogen-bond donors (Lipinski definition) is 2. The molecule has 1 amide bonds. The van der Waals surface area contributed by atoms with Gasteiger partial charge in [0, 0.05) is 47.6 Å². The van der Waals surface area contributed by atoms with Gasteiger partial charge in [0.2, 0.25) is 5.91 Å². The molecule has 1 fully saturated rings. The molecule has 1 aliphatic heterocycles. The van der Waals surface area contributed by atoms with Crippen molar-refractivity contribution < 1.29 is 9.90 Å².